The Bertz CT molecular complexity index is 618. The fraction of sp³-hybridized carbons (Fsp3) is 0.333. The second kappa shape index (κ2) is 10.6. The van der Waals surface area contributed by atoms with E-state index in [0.29, 0.717) is 18.1 Å². The van der Waals surface area contributed by atoms with Gasteiger partial charge in [-0.15, -0.1) is 24.0 Å². The van der Waals surface area contributed by atoms with Gasteiger partial charge in [-0.3, -0.25) is 9.67 Å². The molecule has 1 aromatic carbocycles. The van der Waals surface area contributed by atoms with Crippen molar-refractivity contribution in [3.63, 3.8) is 0 Å². The molecule has 126 valence electrons. The molecular formula is C15H20BrFIN5. The first-order chi connectivity index (χ1) is 10.7. The molecule has 0 atom stereocenters. The first kappa shape index (κ1) is 19.9. The number of nitrogens with one attached hydrogen (secondary N) is 2. The number of aliphatic imine (C=N–C) groups is 1. The van der Waals surface area contributed by atoms with Crippen LogP contribution in [-0.2, 0) is 13.1 Å². The van der Waals surface area contributed by atoms with Gasteiger partial charge in [0.1, 0.15) is 5.82 Å². The lowest BCUT2D eigenvalue weighted by atomic mass is 10.2. The van der Waals surface area contributed by atoms with Crippen molar-refractivity contribution in [2.45, 2.75) is 19.5 Å². The summed E-state index contributed by atoms with van der Waals surface area (Å²) in [5.74, 6) is 0.416. The molecule has 5 nitrogen and oxygen atoms in total. The van der Waals surface area contributed by atoms with E-state index in [-0.39, 0.29) is 29.8 Å². The number of halogens is 3. The summed E-state index contributed by atoms with van der Waals surface area (Å²) in [6.45, 7) is 2.00. The Kier molecular flexibility index (Phi) is 9.15. The topological polar surface area (TPSA) is 54.2 Å². The molecule has 2 rings (SSSR count). The molecule has 0 saturated heterocycles. The fourth-order valence-corrected chi connectivity index (χ4v) is 2.28. The van der Waals surface area contributed by atoms with E-state index < -0.39 is 0 Å². The fourth-order valence-electron chi connectivity index (χ4n) is 1.95. The Balaban J connectivity index is 0.00000264. The highest BCUT2D eigenvalue weighted by molar-refractivity contribution is 14.0. The van der Waals surface area contributed by atoms with E-state index in [9.17, 15) is 4.39 Å². The minimum absolute atomic E-state index is 0. The van der Waals surface area contributed by atoms with Gasteiger partial charge in [0, 0.05) is 49.1 Å². The predicted molar refractivity (Wildman–Crippen MR) is 105 cm³/mol. The third kappa shape index (κ3) is 6.86. The minimum Gasteiger partial charge on any atom is -0.356 e. The zero-order chi connectivity index (χ0) is 15.8. The summed E-state index contributed by atoms with van der Waals surface area (Å²) in [7, 11) is 1.70. The van der Waals surface area contributed by atoms with Crippen LogP contribution in [0.1, 0.15) is 12.0 Å². The Labute approximate surface area is 160 Å². The molecule has 8 heteroatoms. The third-order valence-electron chi connectivity index (χ3n) is 3.10. The summed E-state index contributed by atoms with van der Waals surface area (Å²) >= 11 is 3.24. The molecule has 0 saturated carbocycles. The molecule has 1 heterocycles. The molecule has 2 N–H and O–H groups in total. The lowest BCUT2D eigenvalue weighted by Crippen LogP contribution is -2.37. The number of hydrogen-bond donors (Lipinski definition) is 2. The van der Waals surface area contributed by atoms with Crippen LogP contribution >= 0.6 is 39.9 Å². The predicted octanol–water partition coefficient (Wildman–Crippen LogP) is 3.16. The van der Waals surface area contributed by atoms with Gasteiger partial charge in [0.05, 0.1) is 0 Å². The van der Waals surface area contributed by atoms with Crippen molar-refractivity contribution in [3.8, 4) is 0 Å². The van der Waals surface area contributed by atoms with E-state index in [4.69, 9.17) is 0 Å². The number of hydrogen-bond acceptors (Lipinski definition) is 2. The van der Waals surface area contributed by atoms with Crippen molar-refractivity contribution in [3.05, 3.63) is 52.5 Å². The van der Waals surface area contributed by atoms with Crippen molar-refractivity contribution in [2.24, 2.45) is 4.99 Å². The summed E-state index contributed by atoms with van der Waals surface area (Å²) < 4.78 is 16.3. The van der Waals surface area contributed by atoms with Gasteiger partial charge < -0.3 is 10.6 Å². The number of guanidine groups is 1. The molecule has 0 bridgehead atoms. The standard InChI is InChI=1S/C15H19BrFN5.HI/c1-18-15(19-6-2-8-22-9-3-7-21-22)20-11-12-4-5-13(16)10-14(12)17;/h3-5,7,9-10H,2,6,8,11H2,1H3,(H2,18,19,20);1H. The Hall–Kier alpha value is -1.16. The summed E-state index contributed by atoms with van der Waals surface area (Å²) in [5, 5.41) is 10.4. The normalized spacial score (nSPS) is 11.0. The first-order valence-electron chi connectivity index (χ1n) is 7.05. The van der Waals surface area contributed by atoms with Crippen LogP contribution in [0.15, 0.2) is 46.1 Å². The largest absolute Gasteiger partial charge is 0.356 e. The highest BCUT2D eigenvalue weighted by Gasteiger charge is 2.04. The van der Waals surface area contributed by atoms with Crippen LogP contribution in [-0.4, -0.2) is 29.3 Å². The SMILES string of the molecule is CN=C(NCCCn1cccn1)NCc1ccc(Br)cc1F.I. The molecule has 0 radical (unpaired) electrons. The Morgan fingerprint density at radius 1 is 1.39 bits per heavy atom. The quantitative estimate of drug-likeness (QED) is 0.280. The van der Waals surface area contributed by atoms with E-state index in [1.165, 1.54) is 6.07 Å². The lowest BCUT2D eigenvalue weighted by molar-refractivity contribution is 0.569. The molecular weight excluding hydrogens is 476 g/mol. The van der Waals surface area contributed by atoms with Gasteiger partial charge in [-0.1, -0.05) is 22.0 Å². The van der Waals surface area contributed by atoms with Gasteiger partial charge >= 0.3 is 0 Å². The number of aryl methyl sites for hydroxylation is 1. The van der Waals surface area contributed by atoms with Crippen molar-refractivity contribution in [1.82, 2.24) is 20.4 Å². The average Bonchev–Trinajstić information content (AvgIpc) is 3.01. The molecule has 0 fully saturated rings. The maximum Gasteiger partial charge on any atom is 0.191 e. The van der Waals surface area contributed by atoms with Crippen LogP contribution in [0.4, 0.5) is 4.39 Å². The van der Waals surface area contributed by atoms with Crippen molar-refractivity contribution in [1.29, 1.82) is 0 Å². The highest BCUT2D eigenvalue weighted by Crippen LogP contribution is 2.14. The van der Waals surface area contributed by atoms with Gasteiger partial charge in [-0.2, -0.15) is 5.10 Å². The second-order valence-corrected chi connectivity index (χ2v) is 5.63. The number of nitrogens with zero attached hydrogens (tertiary/aromatic N) is 3. The molecule has 0 aliphatic rings. The Morgan fingerprint density at radius 3 is 2.87 bits per heavy atom. The molecule has 1 aromatic heterocycles. The second-order valence-electron chi connectivity index (χ2n) is 4.71. The van der Waals surface area contributed by atoms with Gasteiger partial charge in [-0.25, -0.2) is 4.39 Å². The molecule has 23 heavy (non-hydrogen) atoms. The molecule has 0 aliphatic carbocycles. The van der Waals surface area contributed by atoms with E-state index in [1.54, 1.807) is 19.3 Å². The van der Waals surface area contributed by atoms with Gasteiger partial charge in [0.15, 0.2) is 5.96 Å². The molecule has 0 aliphatic heterocycles. The van der Waals surface area contributed by atoms with Gasteiger partial charge in [0.25, 0.3) is 0 Å². The van der Waals surface area contributed by atoms with E-state index in [0.717, 1.165) is 24.0 Å². The third-order valence-corrected chi connectivity index (χ3v) is 3.59. The maximum atomic E-state index is 13.7. The molecule has 2 aromatic rings. The van der Waals surface area contributed by atoms with Crippen LogP contribution < -0.4 is 10.6 Å². The van der Waals surface area contributed by atoms with Crippen LogP contribution in [0.25, 0.3) is 0 Å². The van der Waals surface area contributed by atoms with Crippen LogP contribution in [0.2, 0.25) is 0 Å². The van der Waals surface area contributed by atoms with Crippen molar-refractivity contribution >= 4 is 45.9 Å². The minimum atomic E-state index is -0.240. The summed E-state index contributed by atoms with van der Waals surface area (Å²) in [6.07, 6.45) is 4.62. The molecule has 0 spiro atoms. The highest BCUT2D eigenvalue weighted by atomic mass is 127. The monoisotopic (exact) mass is 495 g/mol. The van der Waals surface area contributed by atoms with Crippen LogP contribution in [0.5, 0.6) is 0 Å². The van der Waals surface area contributed by atoms with E-state index in [1.807, 2.05) is 23.0 Å². The zero-order valence-electron chi connectivity index (χ0n) is 12.8. The number of rotatable bonds is 6. The van der Waals surface area contributed by atoms with Gasteiger partial charge in [-0.05, 0) is 24.6 Å². The molecule has 0 amide bonds. The van der Waals surface area contributed by atoms with E-state index in [2.05, 4.69) is 36.7 Å². The average molecular weight is 496 g/mol. The zero-order valence-corrected chi connectivity index (χ0v) is 16.7. The van der Waals surface area contributed by atoms with Gasteiger partial charge in [0.2, 0.25) is 0 Å². The maximum absolute atomic E-state index is 13.7. The summed E-state index contributed by atoms with van der Waals surface area (Å²) in [4.78, 5) is 4.13. The van der Waals surface area contributed by atoms with Crippen LogP contribution in [0.3, 0.4) is 0 Å². The number of aromatic nitrogens is 2. The van der Waals surface area contributed by atoms with Crippen LogP contribution in [0, 0.1) is 5.82 Å². The Morgan fingerprint density at radius 2 is 2.22 bits per heavy atom. The summed E-state index contributed by atoms with van der Waals surface area (Å²) in [6, 6.07) is 6.93. The van der Waals surface area contributed by atoms with E-state index >= 15 is 0 Å². The lowest BCUT2D eigenvalue weighted by Gasteiger charge is -2.12. The van der Waals surface area contributed by atoms with Crippen molar-refractivity contribution in [2.75, 3.05) is 13.6 Å². The van der Waals surface area contributed by atoms with Crippen molar-refractivity contribution < 1.29 is 4.39 Å². The summed E-state index contributed by atoms with van der Waals surface area (Å²) in [5.41, 5.74) is 0.600. The number of benzene rings is 1. The smallest absolute Gasteiger partial charge is 0.191 e. The molecule has 0 unspecified atom stereocenters. The first-order valence-corrected chi connectivity index (χ1v) is 7.84.